The van der Waals surface area contributed by atoms with Gasteiger partial charge in [0, 0.05) is 14.0 Å². The van der Waals surface area contributed by atoms with Gasteiger partial charge in [-0.1, -0.05) is 23.7 Å². The third-order valence-corrected chi connectivity index (χ3v) is 5.46. The van der Waals surface area contributed by atoms with Crippen LogP contribution in [0.3, 0.4) is 0 Å². The summed E-state index contributed by atoms with van der Waals surface area (Å²) in [4.78, 5) is 13.4. The van der Waals surface area contributed by atoms with Gasteiger partial charge in [0.25, 0.3) is 5.91 Å². The predicted octanol–water partition coefficient (Wildman–Crippen LogP) is 5.16. The van der Waals surface area contributed by atoms with Crippen LogP contribution in [0.25, 0.3) is 0 Å². The van der Waals surface area contributed by atoms with E-state index in [-0.39, 0.29) is 11.9 Å². The first kappa shape index (κ1) is 16.6. The molecule has 1 N–H and O–H groups in total. The Morgan fingerprint density at radius 3 is 2.48 bits per heavy atom. The smallest absolute Gasteiger partial charge is 0.251 e. The zero-order valence-corrected chi connectivity index (χ0v) is 15.4. The average Bonchev–Trinajstić information content (AvgIpc) is 2.50. The lowest BCUT2D eigenvalue weighted by Crippen LogP contribution is -2.26. The highest BCUT2D eigenvalue weighted by atomic mass is 127. The highest BCUT2D eigenvalue weighted by molar-refractivity contribution is 14.1. The molecule has 0 saturated heterocycles. The lowest BCUT2D eigenvalue weighted by Gasteiger charge is -2.15. The molecule has 1 amide bonds. The van der Waals surface area contributed by atoms with Gasteiger partial charge < -0.3 is 5.32 Å². The minimum atomic E-state index is -0.116. The summed E-state index contributed by atoms with van der Waals surface area (Å²) < 4.78 is 0.937. The van der Waals surface area contributed by atoms with Gasteiger partial charge >= 0.3 is 0 Å². The molecule has 0 heterocycles. The van der Waals surface area contributed by atoms with Crippen LogP contribution in [0.2, 0.25) is 5.02 Å². The number of thioether (sulfide) groups is 1. The Labute approximate surface area is 147 Å². The number of benzene rings is 2. The van der Waals surface area contributed by atoms with Crippen molar-refractivity contribution in [1.82, 2.24) is 5.32 Å². The molecule has 0 aliphatic carbocycles. The van der Waals surface area contributed by atoms with Crippen LogP contribution in [0, 0.1) is 3.57 Å². The Morgan fingerprint density at radius 1 is 1.24 bits per heavy atom. The van der Waals surface area contributed by atoms with Crippen molar-refractivity contribution in [1.29, 1.82) is 0 Å². The van der Waals surface area contributed by atoms with Gasteiger partial charge in [-0.15, -0.1) is 11.8 Å². The van der Waals surface area contributed by atoms with E-state index in [1.807, 2.05) is 31.4 Å². The highest BCUT2D eigenvalue weighted by Crippen LogP contribution is 2.21. The van der Waals surface area contributed by atoms with E-state index in [2.05, 4.69) is 40.0 Å². The van der Waals surface area contributed by atoms with Crippen LogP contribution in [0.5, 0.6) is 0 Å². The van der Waals surface area contributed by atoms with Crippen molar-refractivity contribution in [2.75, 3.05) is 6.26 Å². The SMILES string of the molecule is CSc1ccc(C(C)NC(=O)c2ccc(I)c(Cl)c2)cc1. The van der Waals surface area contributed by atoms with Crippen molar-refractivity contribution >= 4 is 51.9 Å². The second kappa shape index (κ2) is 7.51. The van der Waals surface area contributed by atoms with Crippen molar-refractivity contribution in [3.63, 3.8) is 0 Å². The fraction of sp³-hybridized carbons (Fsp3) is 0.188. The van der Waals surface area contributed by atoms with Gasteiger partial charge in [-0.3, -0.25) is 4.79 Å². The zero-order valence-electron chi connectivity index (χ0n) is 11.7. The number of halogens is 2. The van der Waals surface area contributed by atoms with E-state index in [9.17, 15) is 4.79 Å². The number of carbonyl (C=O) groups is 1. The molecule has 2 rings (SSSR count). The van der Waals surface area contributed by atoms with E-state index in [0.29, 0.717) is 10.6 Å². The van der Waals surface area contributed by atoms with Gasteiger partial charge in [-0.25, -0.2) is 0 Å². The number of rotatable bonds is 4. The topological polar surface area (TPSA) is 29.1 Å². The monoisotopic (exact) mass is 431 g/mol. The van der Waals surface area contributed by atoms with Crippen LogP contribution in [-0.4, -0.2) is 12.2 Å². The van der Waals surface area contributed by atoms with E-state index in [4.69, 9.17) is 11.6 Å². The molecular weight excluding hydrogens is 417 g/mol. The second-order valence-corrected chi connectivity index (χ2v) is 7.05. The lowest BCUT2D eigenvalue weighted by molar-refractivity contribution is 0.0940. The second-order valence-electron chi connectivity index (χ2n) is 4.60. The van der Waals surface area contributed by atoms with Crippen molar-refractivity contribution in [3.05, 3.63) is 62.2 Å². The van der Waals surface area contributed by atoms with Gasteiger partial charge in [0.1, 0.15) is 0 Å². The minimum Gasteiger partial charge on any atom is -0.346 e. The zero-order chi connectivity index (χ0) is 15.4. The van der Waals surface area contributed by atoms with Crippen molar-refractivity contribution in [2.45, 2.75) is 17.9 Å². The molecule has 5 heteroatoms. The molecule has 2 aromatic rings. The summed E-state index contributed by atoms with van der Waals surface area (Å²) in [6.07, 6.45) is 2.04. The quantitative estimate of drug-likeness (QED) is 0.535. The van der Waals surface area contributed by atoms with Gasteiger partial charge in [0.2, 0.25) is 0 Å². The molecule has 0 saturated carbocycles. The third kappa shape index (κ3) is 4.37. The lowest BCUT2D eigenvalue weighted by atomic mass is 10.1. The largest absolute Gasteiger partial charge is 0.346 e. The van der Waals surface area contributed by atoms with Crippen molar-refractivity contribution in [2.24, 2.45) is 0 Å². The number of hydrogen-bond acceptors (Lipinski definition) is 2. The predicted molar refractivity (Wildman–Crippen MR) is 98.3 cm³/mol. The van der Waals surface area contributed by atoms with Crippen LogP contribution in [0.1, 0.15) is 28.9 Å². The van der Waals surface area contributed by atoms with Gasteiger partial charge in [-0.05, 0) is 71.7 Å². The van der Waals surface area contributed by atoms with Crippen LogP contribution in [0.15, 0.2) is 47.4 Å². The molecule has 0 aliphatic rings. The summed E-state index contributed by atoms with van der Waals surface area (Å²) in [6, 6.07) is 13.5. The molecular formula is C16H15ClINOS. The summed E-state index contributed by atoms with van der Waals surface area (Å²) in [5, 5.41) is 3.59. The molecule has 0 fully saturated rings. The Morgan fingerprint density at radius 2 is 1.90 bits per heavy atom. The average molecular weight is 432 g/mol. The van der Waals surface area contributed by atoms with Crippen LogP contribution >= 0.6 is 46.0 Å². The summed E-state index contributed by atoms with van der Waals surface area (Å²) in [6.45, 7) is 1.97. The molecule has 0 aromatic heterocycles. The molecule has 0 bridgehead atoms. The normalized spacial score (nSPS) is 12.0. The molecule has 21 heavy (non-hydrogen) atoms. The summed E-state index contributed by atoms with van der Waals surface area (Å²) in [5.74, 6) is -0.116. The van der Waals surface area contributed by atoms with Crippen LogP contribution in [-0.2, 0) is 0 Å². The van der Waals surface area contributed by atoms with E-state index >= 15 is 0 Å². The molecule has 110 valence electrons. The van der Waals surface area contributed by atoms with Crippen LogP contribution < -0.4 is 5.32 Å². The highest BCUT2D eigenvalue weighted by Gasteiger charge is 2.12. The van der Waals surface area contributed by atoms with E-state index < -0.39 is 0 Å². The fourth-order valence-corrected chi connectivity index (χ4v) is 2.82. The molecule has 2 aromatic carbocycles. The van der Waals surface area contributed by atoms with Gasteiger partial charge in [-0.2, -0.15) is 0 Å². The molecule has 0 radical (unpaired) electrons. The third-order valence-electron chi connectivity index (χ3n) is 3.15. The summed E-state index contributed by atoms with van der Waals surface area (Å²) in [5.41, 5.74) is 1.66. The Bertz CT molecular complexity index is 645. The number of nitrogens with one attached hydrogen (secondary N) is 1. The van der Waals surface area contributed by atoms with Crippen LogP contribution in [0.4, 0.5) is 0 Å². The van der Waals surface area contributed by atoms with Gasteiger partial charge in [0.15, 0.2) is 0 Å². The first-order valence-electron chi connectivity index (χ1n) is 6.41. The summed E-state index contributed by atoms with van der Waals surface area (Å²) >= 11 is 9.90. The standard InChI is InChI=1S/C16H15ClINOS/c1-10(11-3-6-13(21-2)7-4-11)19-16(20)12-5-8-15(18)14(17)9-12/h3-10H,1-2H3,(H,19,20). The fourth-order valence-electron chi connectivity index (χ4n) is 1.89. The molecule has 2 nitrogen and oxygen atoms in total. The molecule has 0 spiro atoms. The molecule has 1 unspecified atom stereocenters. The number of carbonyl (C=O) groups excluding carboxylic acids is 1. The first-order chi connectivity index (χ1) is 10.0. The molecule has 0 aliphatic heterocycles. The number of amides is 1. The number of hydrogen-bond donors (Lipinski definition) is 1. The van der Waals surface area contributed by atoms with E-state index in [1.54, 1.807) is 23.9 Å². The van der Waals surface area contributed by atoms with Crippen molar-refractivity contribution in [3.8, 4) is 0 Å². The maximum absolute atomic E-state index is 12.2. The van der Waals surface area contributed by atoms with Crippen molar-refractivity contribution < 1.29 is 4.79 Å². The maximum atomic E-state index is 12.2. The molecule has 1 atom stereocenters. The Balaban J connectivity index is 2.08. The minimum absolute atomic E-state index is 0.0496. The first-order valence-corrected chi connectivity index (χ1v) is 9.09. The van der Waals surface area contributed by atoms with Gasteiger partial charge in [0.05, 0.1) is 11.1 Å². The maximum Gasteiger partial charge on any atom is 0.251 e. The van der Waals surface area contributed by atoms with E-state index in [0.717, 1.165) is 9.13 Å². The van der Waals surface area contributed by atoms with E-state index in [1.165, 1.54) is 4.90 Å². The Kier molecular flexibility index (Phi) is 5.96. The Hall–Kier alpha value is -0.720. The summed E-state index contributed by atoms with van der Waals surface area (Å²) in [7, 11) is 0.